The fraction of sp³-hybridized carbons (Fsp3) is 0.333. The first kappa shape index (κ1) is 16.9. The van der Waals surface area contributed by atoms with Crippen molar-refractivity contribution in [3.63, 3.8) is 0 Å². The first-order valence-electron chi connectivity index (χ1n) is 8.26. The molecule has 3 unspecified atom stereocenters. The molecule has 8 heteroatoms. The number of hydrogen-bond acceptors (Lipinski definition) is 6. The van der Waals surface area contributed by atoms with Crippen molar-refractivity contribution in [1.29, 1.82) is 10.5 Å². The largest absolute Gasteiger partial charge is 0.370 e. The van der Waals surface area contributed by atoms with Gasteiger partial charge in [-0.1, -0.05) is 12.1 Å². The molecule has 1 saturated heterocycles. The quantitative estimate of drug-likeness (QED) is 0.789. The second kappa shape index (κ2) is 7.00. The molecule has 0 amide bonds. The van der Waals surface area contributed by atoms with Gasteiger partial charge in [0.15, 0.2) is 5.82 Å². The maximum absolute atomic E-state index is 9.99. The third-order valence-corrected chi connectivity index (χ3v) is 5.64. The van der Waals surface area contributed by atoms with Crippen molar-refractivity contribution in [3.8, 4) is 12.1 Å². The number of nitrogens with zero attached hydrogens (tertiary/aromatic N) is 4. The maximum Gasteiger partial charge on any atom is 0.151 e. The number of H-pyrrole nitrogens is 1. The molecule has 7 nitrogen and oxygen atoms in total. The van der Waals surface area contributed by atoms with Gasteiger partial charge in [0.05, 0.1) is 36.1 Å². The number of morpholine rings is 1. The summed E-state index contributed by atoms with van der Waals surface area (Å²) < 4.78 is 6.56. The Morgan fingerprint density at radius 2 is 2.15 bits per heavy atom. The van der Waals surface area contributed by atoms with E-state index in [1.165, 1.54) is 0 Å². The Bertz CT molecular complexity index is 947. The molecule has 0 saturated carbocycles. The van der Waals surface area contributed by atoms with E-state index in [-0.39, 0.29) is 12.0 Å². The average Bonchev–Trinajstić information content (AvgIpc) is 3.16. The van der Waals surface area contributed by atoms with Gasteiger partial charge in [-0.05, 0) is 27.6 Å². The number of ether oxygens (including phenoxy) is 1. The van der Waals surface area contributed by atoms with E-state index in [0.717, 1.165) is 17.7 Å². The van der Waals surface area contributed by atoms with Crippen molar-refractivity contribution in [1.82, 2.24) is 15.5 Å². The zero-order valence-corrected chi connectivity index (χ0v) is 15.3. The van der Waals surface area contributed by atoms with Gasteiger partial charge in [-0.2, -0.15) is 15.6 Å². The molecule has 1 aromatic carbocycles. The van der Waals surface area contributed by atoms with Crippen LogP contribution in [-0.2, 0) is 4.74 Å². The predicted octanol–water partition coefficient (Wildman–Crippen LogP) is 2.39. The lowest BCUT2D eigenvalue weighted by molar-refractivity contribution is 0.0684. The van der Waals surface area contributed by atoms with E-state index >= 15 is 0 Å². The van der Waals surface area contributed by atoms with Gasteiger partial charge in [-0.15, -0.1) is 0 Å². The predicted molar refractivity (Wildman–Crippen MR) is 98.1 cm³/mol. The highest BCUT2D eigenvalue weighted by Gasteiger charge is 2.40. The summed E-state index contributed by atoms with van der Waals surface area (Å²) in [6, 6.07) is 10.1. The molecular weight excluding hydrogens is 396 g/mol. The molecule has 1 aromatic heterocycles. The highest BCUT2D eigenvalue weighted by Crippen LogP contribution is 2.44. The number of aliphatic imine (C=N–C) groups is 1. The number of nitrogens with one attached hydrogen (secondary N) is 2. The van der Waals surface area contributed by atoms with E-state index in [2.05, 4.69) is 48.6 Å². The highest BCUT2D eigenvalue weighted by atomic mass is 79.9. The topological polar surface area (TPSA) is 110 Å². The smallest absolute Gasteiger partial charge is 0.151 e. The molecule has 2 aromatic rings. The van der Waals surface area contributed by atoms with E-state index in [9.17, 15) is 10.5 Å². The van der Waals surface area contributed by atoms with Crippen molar-refractivity contribution < 1.29 is 4.74 Å². The van der Waals surface area contributed by atoms with Crippen molar-refractivity contribution in [3.05, 3.63) is 45.6 Å². The van der Waals surface area contributed by atoms with Crippen LogP contribution in [0.5, 0.6) is 0 Å². The molecule has 26 heavy (non-hydrogen) atoms. The van der Waals surface area contributed by atoms with Crippen LogP contribution in [0.15, 0.2) is 33.9 Å². The van der Waals surface area contributed by atoms with Crippen LogP contribution in [0.3, 0.4) is 0 Å². The van der Waals surface area contributed by atoms with Crippen LogP contribution in [0.1, 0.15) is 22.6 Å². The molecule has 3 atom stereocenters. The van der Waals surface area contributed by atoms with Gasteiger partial charge in [0.1, 0.15) is 12.2 Å². The van der Waals surface area contributed by atoms with Gasteiger partial charge in [-0.3, -0.25) is 5.10 Å². The Balaban J connectivity index is 1.86. The maximum atomic E-state index is 9.99. The van der Waals surface area contributed by atoms with Gasteiger partial charge in [0, 0.05) is 29.0 Å². The lowest BCUT2D eigenvalue weighted by atomic mass is 9.76. The third-order valence-electron chi connectivity index (χ3n) is 4.76. The van der Waals surface area contributed by atoms with Gasteiger partial charge in [0.25, 0.3) is 0 Å². The van der Waals surface area contributed by atoms with E-state index in [1.54, 1.807) is 12.3 Å². The fourth-order valence-electron chi connectivity index (χ4n) is 3.55. The second-order valence-electron chi connectivity index (χ2n) is 6.18. The van der Waals surface area contributed by atoms with E-state index in [0.29, 0.717) is 34.7 Å². The van der Waals surface area contributed by atoms with Gasteiger partial charge >= 0.3 is 0 Å². The SMILES string of the molecule is N#Cc1cccc(C2c3cn[nH]c3N=C(C3CNCCO3)C2C#N)c1Br. The van der Waals surface area contributed by atoms with Crippen LogP contribution in [-0.4, -0.2) is 41.7 Å². The minimum absolute atomic E-state index is 0.259. The third kappa shape index (κ3) is 2.73. The molecule has 2 aliphatic heterocycles. The normalized spacial score (nSPS) is 24.9. The average molecular weight is 411 g/mol. The first-order chi connectivity index (χ1) is 12.7. The number of aromatic amines is 1. The minimum Gasteiger partial charge on any atom is -0.370 e. The van der Waals surface area contributed by atoms with Gasteiger partial charge < -0.3 is 10.1 Å². The minimum atomic E-state index is -0.504. The summed E-state index contributed by atoms with van der Waals surface area (Å²) in [5.41, 5.74) is 2.94. The summed E-state index contributed by atoms with van der Waals surface area (Å²) in [5.74, 6) is -0.148. The number of halogens is 1. The molecule has 0 radical (unpaired) electrons. The molecule has 0 bridgehead atoms. The van der Waals surface area contributed by atoms with Gasteiger partial charge in [-0.25, -0.2) is 4.99 Å². The van der Waals surface area contributed by atoms with Crippen molar-refractivity contribution in [2.75, 3.05) is 19.7 Å². The second-order valence-corrected chi connectivity index (χ2v) is 6.97. The molecule has 4 rings (SSSR count). The molecule has 3 heterocycles. The summed E-state index contributed by atoms with van der Waals surface area (Å²) in [6.07, 6.45) is 1.45. The van der Waals surface area contributed by atoms with Crippen LogP contribution in [0.4, 0.5) is 5.82 Å². The van der Waals surface area contributed by atoms with Crippen LogP contribution in [0, 0.1) is 28.6 Å². The highest BCUT2D eigenvalue weighted by molar-refractivity contribution is 9.10. The number of benzene rings is 1. The number of hydrogen-bond donors (Lipinski definition) is 2. The Hall–Kier alpha value is -2.52. The summed E-state index contributed by atoms with van der Waals surface area (Å²) >= 11 is 3.54. The Morgan fingerprint density at radius 3 is 2.88 bits per heavy atom. The van der Waals surface area contributed by atoms with Gasteiger partial charge in [0.2, 0.25) is 0 Å². The summed E-state index contributed by atoms with van der Waals surface area (Å²) in [6.45, 7) is 1.98. The summed E-state index contributed by atoms with van der Waals surface area (Å²) in [4.78, 5) is 4.66. The van der Waals surface area contributed by atoms with E-state index < -0.39 is 5.92 Å². The monoisotopic (exact) mass is 410 g/mol. The fourth-order valence-corrected chi connectivity index (χ4v) is 4.15. The lowest BCUT2D eigenvalue weighted by Crippen LogP contribution is -2.46. The number of rotatable bonds is 2. The van der Waals surface area contributed by atoms with Crippen LogP contribution in [0.2, 0.25) is 0 Å². The van der Waals surface area contributed by atoms with E-state index in [4.69, 9.17) is 4.74 Å². The first-order valence-corrected chi connectivity index (χ1v) is 9.06. The van der Waals surface area contributed by atoms with Crippen LogP contribution >= 0.6 is 15.9 Å². The zero-order valence-electron chi connectivity index (χ0n) is 13.7. The summed E-state index contributed by atoms with van der Waals surface area (Å²) in [7, 11) is 0. The Morgan fingerprint density at radius 1 is 1.27 bits per heavy atom. The number of nitriles is 2. The van der Waals surface area contributed by atoms with E-state index in [1.807, 2.05) is 12.1 Å². The van der Waals surface area contributed by atoms with Crippen LogP contribution in [0.25, 0.3) is 0 Å². The van der Waals surface area contributed by atoms with Crippen molar-refractivity contribution >= 4 is 27.5 Å². The lowest BCUT2D eigenvalue weighted by Gasteiger charge is -2.33. The Kier molecular flexibility index (Phi) is 4.56. The molecule has 2 N–H and O–H groups in total. The molecular formula is C18H15BrN6O. The van der Waals surface area contributed by atoms with Crippen LogP contribution < -0.4 is 5.32 Å². The molecule has 0 spiro atoms. The summed E-state index contributed by atoms with van der Waals surface area (Å²) in [5, 5.41) is 29.7. The molecule has 1 fully saturated rings. The standard InChI is InChI=1S/C18H15BrN6O/c19-16-10(6-20)2-1-3-11(16)15-12(7-21)17(14-9-22-4-5-26-14)24-18-13(15)8-23-25-18/h1-3,8,12,14-15,22H,4-5,9H2,(H,23,25). The molecule has 0 aliphatic carbocycles. The molecule has 130 valence electrons. The molecule has 2 aliphatic rings. The number of fused-ring (bicyclic) bond motifs is 1. The Labute approximate surface area is 158 Å². The number of aromatic nitrogens is 2. The van der Waals surface area contributed by atoms with Crippen molar-refractivity contribution in [2.45, 2.75) is 12.0 Å². The van der Waals surface area contributed by atoms with Crippen molar-refractivity contribution in [2.24, 2.45) is 10.9 Å². The zero-order chi connectivity index (χ0) is 18.1.